The SMILES string of the molecule is O=C(CC[C@@H]1CCCN(C(=O)Nc2cccc(F)c2)C1)N1CCC2(CC1)OCCO2. The van der Waals surface area contributed by atoms with E-state index in [2.05, 4.69) is 5.32 Å². The van der Waals surface area contributed by atoms with Gasteiger partial charge in [-0.2, -0.15) is 0 Å². The summed E-state index contributed by atoms with van der Waals surface area (Å²) in [6.07, 6.45) is 4.67. The summed E-state index contributed by atoms with van der Waals surface area (Å²) >= 11 is 0. The Morgan fingerprint density at radius 1 is 1.13 bits per heavy atom. The first-order chi connectivity index (χ1) is 14.5. The Balaban J connectivity index is 1.21. The maximum atomic E-state index is 13.3. The smallest absolute Gasteiger partial charge is 0.321 e. The lowest BCUT2D eigenvalue weighted by molar-refractivity contribution is -0.187. The number of rotatable bonds is 4. The molecule has 30 heavy (non-hydrogen) atoms. The Kier molecular flexibility index (Phi) is 6.53. The van der Waals surface area contributed by atoms with Crippen LogP contribution in [0.25, 0.3) is 0 Å². The van der Waals surface area contributed by atoms with E-state index in [1.807, 2.05) is 4.90 Å². The summed E-state index contributed by atoms with van der Waals surface area (Å²) in [5.41, 5.74) is 0.454. The average Bonchev–Trinajstić information content (AvgIpc) is 3.20. The molecule has 0 radical (unpaired) electrons. The van der Waals surface area contributed by atoms with Gasteiger partial charge in [-0.3, -0.25) is 4.79 Å². The van der Waals surface area contributed by atoms with Crippen LogP contribution in [0.5, 0.6) is 0 Å². The molecule has 3 amide bonds. The molecule has 3 saturated heterocycles. The summed E-state index contributed by atoms with van der Waals surface area (Å²) in [5, 5.41) is 2.76. The molecule has 0 saturated carbocycles. The fourth-order valence-corrected chi connectivity index (χ4v) is 4.62. The van der Waals surface area contributed by atoms with Gasteiger partial charge in [0.25, 0.3) is 0 Å². The van der Waals surface area contributed by atoms with E-state index in [0.29, 0.717) is 57.4 Å². The van der Waals surface area contributed by atoms with Crippen molar-refractivity contribution in [3.63, 3.8) is 0 Å². The molecule has 1 aromatic rings. The lowest BCUT2D eigenvalue weighted by Crippen LogP contribution is -2.47. The zero-order valence-corrected chi connectivity index (χ0v) is 17.3. The zero-order chi connectivity index (χ0) is 21.0. The number of likely N-dealkylation sites (tertiary alicyclic amines) is 2. The number of hydrogen-bond donors (Lipinski definition) is 1. The van der Waals surface area contributed by atoms with Crippen molar-refractivity contribution in [1.82, 2.24) is 9.80 Å². The number of nitrogens with one attached hydrogen (secondary N) is 1. The van der Waals surface area contributed by atoms with Gasteiger partial charge >= 0.3 is 6.03 Å². The molecule has 1 aromatic carbocycles. The molecule has 3 aliphatic heterocycles. The van der Waals surface area contributed by atoms with E-state index in [0.717, 1.165) is 32.1 Å². The van der Waals surface area contributed by atoms with Crippen LogP contribution in [0.4, 0.5) is 14.9 Å². The normalized spacial score (nSPS) is 23.6. The van der Waals surface area contributed by atoms with Gasteiger partial charge in [-0.05, 0) is 43.4 Å². The minimum absolute atomic E-state index is 0.171. The minimum atomic E-state index is -0.463. The van der Waals surface area contributed by atoms with Crippen LogP contribution in [-0.2, 0) is 14.3 Å². The first-order valence-corrected chi connectivity index (χ1v) is 10.9. The summed E-state index contributed by atoms with van der Waals surface area (Å²) in [4.78, 5) is 28.9. The van der Waals surface area contributed by atoms with E-state index < -0.39 is 5.79 Å². The third-order valence-corrected chi connectivity index (χ3v) is 6.34. The minimum Gasteiger partial charge on any atom is -0.347 e. The quantitative estimate of drug-likeness (QED) is 0.814. The highest BCUT2D eigenvalue weighted by Crippen LogP contribution is 2.32. The van der Waals surface area contributed by atoms with E-state index in [4.69, 9.17) is 9.47 Å². The van der Waals surface area contributed by atoms with E-state index in [1.165, 1.54) is 12.1 Å². The molecular weight excluding hydrogens is 389 g/mol. The molecule has 1 atom stereocenters. The van der Waals surface area contributed by atoms with E-state index in [1.54, 1.807) is 17.0 Å². The van der Waals surface area contributed by atoms with Crippen LogP contribution < -0.4 is 5.32 Å². The van der Waals surface area contributed by atoms with E-state index in [-0.39, 0.29) is 17.8 Å². The highest BCUT2D eigenvalue weighted by Gasteiger charge is 2.40. The Bertz CT molecular complexity index is 759. The number of nitrogens with zero attached hydrogens (tertiary/aromatic N) is 2. The van der Waals surface area contributed by atoms with Crippen LogP contribution in [-0.4, -0.2) is 66.9 Å². The van der Waals surface area contributed by atoms with Crippen molar-refractivity contribution in [2.45, 2.75) is 44.3 Å². The average molecular weight is 419 g/mol. The number of benzene rings is 1. The van der Waals surface area contributed by atoms with Crippen molar-refractivity contribution in [3.05, 3.63) is 30.1 Å². The van der Waals surface area contributed by atoms with Gasteiger partial charge in [0.2, 0.25) is 5.91 Å². The highest BCUT2D eigenvalue weighted by molar-refractivity contribution is 5.89. The number of piperidine rings is 2. The first kappa shape index (κ1) is 21.1. The zero-order valence-electron chi connectivity index (χ0n) is 17.3. The second-order valence-corrected chi connectivity index (χ2v) is 8.42. The molecule has 164 valence electrons. The lowest BCUT2D eigenvalue weighted by atomic mass is 9.93. The molecule has 0 bridgehead atoms. The summed E-state index contributed by atoms with van der Waals surface area (Å²) in [5.74, 6) is -0.365. The summed E-state index contributed by atoms with van der Waals surface area (Å²) < 4.78 is 24.8. The molecular formula is C22H30FN3O4. The third-order valence-electron chi connectivity index (χ3n) is 6.34. The van der Waals surface area contributed by atoms with Crippen molar-refractivity contribution in [2.24, 2.45) is 5.92 Å². The Labute approximate surface area is 176 Å². The number of amides is 3. The van der Waals surface area contributed by atoms with Gasteiger partial charge < -0.3 is 24.6 Å². The van der Waals surface area contributed by atoms with Crippen molar-refractivity contribution in [3.8, 4) is 0 Å². The van der Waals surface area contributed by atoms with Gasteiger partial charge in [-0.15, -0.1) is 0 Å². The third kappa shape index (κ3) is 5.10. The van der Waals surface area contributed by atoms with Crippen molar-refractivity contribution < 1.29 is 23.5 Å². The standard InChI is InChI=1S/C22H30FN3O4/c23-18-4-1-5-19(15-18)24-21(28)26-10-2-3-17(16-26)6-7-20(27)25-11-8-22(9-12-25)29-13-14-30-22/h1,4-5,15,17H,2-3,6-14,16H2,(H,24,28)/t17-/m0/s1. The van der Waals surface area contributed by atoms with Crippen LogP contribution in [0.1, 0.15) is 38.5 Å². The molecule has 1 N–H and O–H groups in total. The molecule has 3 aliphatic rings. The topological polar surface area (TPSA) is 71.1 Å². The molecule has 7 nitrogen and oxygen atoms in total. The summed E-state index contributed by atoms with van der Waals surface area (Å²) in [7, 11) is 0. The summed E-state index contributed by atoms with van der Waals surface area (Å²) in [6, 6.07) is 5.69. The maximum Gasteiger partial charge on any atom is 0.321 e. The predicted molar refractivity (Wildman–Crippen MR) is 109 cm³/mol. The van der Waals surface area contributed by atoms with Gasteiger partial charge in [0.1, 0.15) is 5.82 Å². The number of hydrogen-bond acceptors (Lipinski definition) is 4. The van der Waals surface area contributed by atoms with E-state index >= 15 is 0 Å². The monoisotopic (exact) mass is 419 g/mol. The van der Waals surface area contributed by atoms with Crippen molar-refractivity contribution in [2.75, 3.05) is 44.7 Å². The highest BCUT2D eigenvalue weighted by atomic mass is 19.1. The number of urea groups is 1. The van der Waals surface area contributed by atoms with Gasteiger partial charge in [-0.25, -0.2) is 9.18 Å². The number of carbonyl (C=O) groups is 2. The number of anilines is 1. The number of carbonyl (C=O) groups excluding carboxylic acids is 2. The van der Waals surface area contributed by atoms with Crippen LogP contribution in [0, 0.1) is 11.7 Å². The maximum absolute atomic E-state index is 13.3. The molecule has 0 unspecified atom stereocenters. The van der Waals surface area contributed by atoms with E-state index in [9.17, 15) is 14.0 Å². The molecule has 3 heterocycles. The summed E-state index contributed by atoms with van der Waals surface area (Å²) in [6.45, 7) is 3.92. The number of halogens is 1. The molecule has 4 rings (SSSR count). The van der Waals surface area contributed by atoms with Crippen LogP contribution >= 0.6 is 0 Å². The first-order valence-electron chi connectivity index (χ1n) is 10.9. The Morgan fingerprint density at radius 3 is 2.63 bits per heavy atom. The van der Waals surface area contributed by atoms with Crippen LogP contribution in [0.2, 0.25) is 0 Å². The fourth-order valence-electron chi connectivity index (χ4n) is 4.62. The molecule has 3 fully saturated rings. The van der Waals surface area contributed by atoms with Gasteiger partial charge in [-0.1, -0.05) is 6.07 Å². The largest absolute Gasteiger partial charge is 0.347 e. The van der Waals surface area contributed by atoms with Crippen molar-refractivity contribution >= 4 is 17.6 Å². The molecule has 1 spiro atoms. The molecule has 0 aromatic heterocycles. The fraction of sp³-hybridized carbons (Fsp3) is 0.636. The molecule has 0 aliphatic carbocycles. The number of ether oxygens (including phenoxy) is 2. The lowest BCUT2D eigenvalue weighted by Gasteiger charge is -2.38. The van der Waals surface area contributed by atoms with Gasteiger partial charge in [0.15, 0.2) is 5.79 Å². The van der Waals surface area contributed by atoms with Gasteiger partial charge in [0.05, 0.1) is 13.2 Å². The predicted octanol–water partition coefficient (Wildman–Crippen LogP) is 3.22. The second kappa shape index (κ2) is 9.31. The van der Waals surface area contributed by atoms with Crippen LogP contribution in [0.15, 0.2) is 24.3 Å². The van der Waals surface area contributed by atoms with Gasteiger partial charge in [0, 0.05) is 51.1 Å². The Hall–Kier alpha value is -2.19. The molecule has 8 heteroatoms. The van der Waals surface area contributed by atoms with Crippen LogP contribution in [0.3, 0.4) is 0 Å². The Morgan fingerprint density at radius 2 is 1.90 bits per heavy atom. The second-order valence-electron chi connectivity index (χ2n) is 8.42. The van der Waals surface area contributed by atoms with Crippen molar-refractivity contribution in [1.29, 1.82) is 0 Å².